The monoisotopic (exact) mass is 409 g/mol. The predicted octanol–water partition coefficient (Wildman–Crippen LogP) is 5.25. The van der Waals surface area contributed by atoms with E-state index in [1.54, 1.807) is 12.4 Å². The van der Waals surface area contributed by atoms with Crippen LogP contribution in [0.4, 0.5) is 0 Å². The summed E-state index contributed by atoms with van der Waals surface area (Å²) in [5.41, 5.74) is 5.13. The molecule has 0 aliphatic rings. The first-order chi connectivity index (χ1) is 14.9. The molecule has 0 atom stereocenters. The molecular formula is C25H23N5O. The molecule has 5 rings (SSSR count). The first-order valence-electron chi connectivity index (χ1n) is 10.3. The van der Waals surface area contributed by atoms with Crippen molar-refractivity contribution in [3.63, 3.8) is 0 Å². The molecule has 1 aromatic carbocycles. The number of hydrogen-bond acceptors (Lipinski definition) is 4. The lowest BCUT2D eigenvalue weighted by molar-refractivity contribution is 0.0860. The number of aromatic amines is 1. The second-order valence-corrected chi connectivity index (χ2v) is 8.77. The van der Waals surface area contributed by atoms with E-state index in [2.05, 4.69) is 43.9 Å². The second-order valence-electron chi connectivity index (χ2n) is 8.77. The van der Waals surface area contributed by atoms with Crippen LogP contribution < -0.4 is 0 Å². The Balaban J connectivity index is 1.57. The van der Waals surface area contributed by atoms with Crippen molar-refractivity contribution >= 4 is 27.9 Å². The third kappa shape index (κ3) is 3.50. The van der Waals surface area contributed by atoms with Gasteiger partial charge < -0.3 is 9.55 Å². The zero-order valence-electron chi connectivity index (χ0n) is 17.8. The number of H-pyrrole nitrogens is 1. The second kappa shape index (κ2) is 7.16. The number of ketones is 1. The predicted molar refractivity (Wildman–Crippen MR) is 122 cm³/mol. The van der Waals surface area contributed by atoms with Crippen LogP contribution in [0.15, 0.2) is 67.3 Å². The van der Waals surface area contributed by atoms with Crippen molar-refractivity contribution in [2.75, 3.05) is 0 Å². The first kappa shape index (κ1) is 19.2. The lowest BCUT2D eigenvalue weighted by Gasteiger charge is -2.15. The van der Waals surface area contributed by atoms with Gasteiger partial charge in [0.25, 0.3) is 0 Å². The van der Waals surface area contributed by atoms with Gasteiger partial charge in [0.1, 0.15) is 5.52 Å². The number of pyridine rings is 1. The molecule has 1 N–H and O–H groups in total. The molecule has 0 fully saturated rings. The van der Waals surface area contributed by atoms with Crippen LogP contribution >= 0.6 is 0 Å². The van der Waals surface area contributed by atoms with Crippen molar-refractivity contribution in [1.82, 2.24) is 24.5 Å². The van der Waals surface area contributed by atoms with E-state index in [0.29, 0.717) is 23.3 Å². The van der Waals surface area contributed by atoms with Gasteiger partial charge in [0, 0.05) is 35.1 Å². The highest BCUT2D eigenvalue weighted by Gasteiger charge is 2.26. The van der Waals surface area contributed by atoms with Gasteiger partial charge in [0.05, 0.1) is 29.7 Å². The molecule has 6 nitrogen and oxygen atoms in total. The van der Waals surface area contributed by atoms with Crippen molar-refractivity contribution < 1.29 is 4.79 Å². The van der Waals surface area contributed by atoms with E-state index in [1.807, 2.05) is 51.2 Å². The van der Waals surface area contributed by atoms with Gasteiger partial charge in [-0.15, -0.1) is 0 Å². The molecule has 0 radical (unpaired) electrons. The summed E-state index contributed by atoms with van der Waals surface area (Å²) in [6.45, 7) is 6.43. The zero-order valence-corrected chi connectivity index (χ0v) is 17.8. The quantitative estimate of drug-likeness (QED) is 0.411. The molecule has 6 heteroatoms. The maximum Gasteiger partial charge on any atom is 0.171 e. The number of hydrogen-bond donors (Lipinski definition) is 1. The van der Waals surface area contributed by atoms with Gasteiger partial charge >= 0.3 is 0 Å². The van der Waals surface area contributed by atoms with Crippen LogP contribution in [-0.2, 0) is 6.54 Å². The first-order valence-corrected chi connectivity index (χ1v) is 10.3. The van der Waals surface area contributed by atoms with Gasteiger partial charge in [0.15, 0.2) is 11.4 Å². The SMILES string of the molecule is CC(C)(C)C(=O)c1c[nH]c2ncc(-c3ccc4ccn(Cc5ccccn5)c4c3)nc12. The van der Waals surface area contributed by atoms with E-state index in [1.165, 1.54) is 0 Å². The van der Waals surface area contributed by atoms with E-state index >= 15 is 0 Å². The van der Waals surface area contributed by atoms with Gasteiger partial charge in [-0.3, -0.25) is 9.78 Å². The summed E-state index contributed by atoms with van der Waals surface area (Å²) in [5.74, 6) is 0.0462. The molecule has 0 aliphatic carbocycles. The summed E-state index contributed by atoms with van der Waals surface area (Å²) >= 11 is 0. The number of carbonyl (C=O) groups excluding carboxylic acids is 1. The van der Waals surface area contributed by atoms with Crippen molar-refractivity contribution in [2.45, 2.75) is 27.3 Å². The fraction of sp³-hybridized carbons (Fsp3) is 0.200. The average Bonchev–Trinajstić information content (AvgIpc) is 3.36. The Labute approximate surface area is 180 Å². The van der Waals surface area contributed by atoms with Crippen molar-refractivity contribution in [3.05, 3.63) is 78.5 Å². The largest absolute Gasteiger partial charge is 0.344 e. The van der Waals surface area contributed by atoms with E-state index in [4.69, 9.17) is 4.98 Å². The fourth-order valence-corrected chi connectivity index (χ4v) is 3.75. The Kier molecular flexibility index (Phi) is 4.43. The minimum atomic E-state index is -0.488. The summed E-state index contributed by atoms with van der Waals surface area (Å²) < 4.78 is 2.18. The van der Waals surface area contributed by atoms with Crippen LogP contribution in [0.25, 0.3) is 33.3 Å². The molecule has 31 heavy (non-hydrogen) atoms. The summed E-state index contributed by atoms with van der Waals surface area (Å²) in [6, 6.07) is 14.3. The molecule has 0 unspecified atom stereocenters. The maximum absolute atomic E-state index is 12.9. The highest BCUT2D eigenvalue weighted by Crippen LogP contribution is 2.28. The van der Waals surface area contributed by atoms with Crippen LogP contribution in [0.3, 0.4) is 0 Å². The normalized spacial score (nSPS) is 12.0. The molecule has 4 heterocycles. The molecular weight excluding hydrogens is 386 g/mol. The Hall–Kier alpha value is -3.80. The minimum Gasteiger partial charge on any atom is -0.344 e. The molecule has 0 spiro atoms. The van der Waals surface area contributed by atoms with Crippen LogP contribution in [0.5, 0.6) is 0 Å². The topological polar surface area (TPSA) is 76.5 Å². The van der Waals surface area contributed by atoms with Crippen LogP contribution in [0, 0.1) is 5.41 Å². The number of nitrogens with one attached hydrogen (secondary N) is 1. The number of Topliss-reactive ketones (excluding diaryl/α,β-unsaturated/α-hetero) is 1. The standard InChI is InChI=1S/C25H23N5O/c1-25(2,3)23(31)19-13-27-24-22(19)29-20(14-28-24)17-8-7-16-9-11-30(21(16)12-17)15-18-6-4-5-10-26-18/h4-14H,15H2,1-3H3,(H,27,28). The average molecular weight is 409 g/mol. The zero-order chi connectivity index (χ0) is 21.6. The van der Waals surface area contributed by atoms with Crippen LogP contribution in [0.1, 0.15) is 36.8 Å². The number of carbonyl (C=O) groups is 1. The van der Waals surface area contributed by atoms with Gasteiger partial charge in [-0.1, -0.05) is 39.0 Å². The van der Waals surface area contributed by atoms with Crippen molar-refractivity contribution in [2.24, 2.45) is 5.41 Å². The van der Waals surface area contributed by atoms with Crippen molar-refractivity contribution in [3.8, 4) is 11.3 Å². The van der Waals surface area contributed by atoms with Gasteiger partial charge in [-0.25, -0.2) is 9.97 Å². The molecule has 0 saturated carbocycles. The Bertz CT molecular complexity index is 1410. The Morgan fingerprint density at radius 1 is 1.10 bits per heavy atom. The molecule has 0 saturated heterocycles. The van der Waals surface area contributed by atoms with Crippen LogP contribution in [0.2, 0.25) is 0 Å². The number of rotatable bonds is 4. The molecule has 154 valence electrons. The Morgan fingerprint density at radius 2 is 1.97 bits per heavy atom. The number of aromatic nitrogens is 5. The summed E-state index contributed by atoms with van der Waals surface area (Å²) in [4.78, 5) is 29.7. The Morgan fingerprint density at radius 3 is 2.74 bits per heavy atom. The van der Waals surface area contributed by atoms with Crippen LogP contribution in [-0.4, -0.2) is 30.3 Å². The number of nitrogens with zero attached hydrogens (tertiary/aromatic N) is 4. The van der Waals surface area contributed by atoms with Gasteiger partial charge in [-0.2, -0.15) is 0 Å². The minimum absolute atomic E-state index is 0.0462. The lowest BCUT2D eigenvalue weighted by atomic mass is 9.87. The van der Waals surface area contributed by atoms with Gasteiger partial charge in [0.2, 0.25) is 0 Å². The summed E-state index contributed by atoms with van der Waals surface area (Å²) in [7, 11) is 0. The smallest absolute Gasteiger partial charge is 0.171 e. The third-order valence-electron chi connectivity index (χ3n) is 5.43. The van der Waals surface area contributed by atoms with E-state index in [0.717, 1.165) is 27.9 Å². The van der Waals surface area contributed by atoms with E-state index in [9.17, 15) is 4.79 Å². The van der Waals surface area contributed by atoms with Crippen molar-refractivity contribution in [1.29, 1.82) is 0 Å². The molecule has 0 bridgehead atoms. The molecule has 4 aromatic heterocycles. The summed E-state index contributed by atoms with van der Waals surface area (Å²) in [6.07, 6.45) is 7.34. The maximum atomic E-state index is 12.9. The third-order valence-corrected chi connectivity index (χ3v) is 5.43. The van der Waals surface area contributed by atoms with Gasteiger partial charge in [-0.05, 0) is 29.7 Å². The lowest BCUT2D eigenvalue weighted by Crippen LogP contribution is -2.20. The highest BCUT2D eigenvalue weighted by atomic mass is 16.1. The fourth-order valence-electron chi connectivity index (χ4n) is 3.75. The summed E-state index contributed by atoms with van der Waals surface area (Å²) in [5, 5.41) is 1.15. The number of fused-ring (bicyclic) bond motifs is 2. The molecule has 0 aliphatic heterocycles. The van der Waals surface area contributed by atoms with E-state index < -0.39 is 5.41 Å². The number of benzene rings is 1. The molecule has 0 amide bonds. The molecule has 5 aromatic rings. The van der Waals surface area contributed by atoms with E-state index in [-0.39, 0.29) is 5.78 Å². The highest BCUT2D eigenvalue weighted by molar-refractivity contribution is 6.08.